The summed E-state index contributed by atoms with van der Waals surface area (Å²) in [7, 11) is 0. The summed E-state index contributed by atoms with van der Waals surface area (Å²) in [6.45, 7) is 0. The van der Waals surface area contributed by atoms with Crippen LogP contribution in [0.1, 0.15) is 11.1 Å². The number of anilines is 3. The zero-order chi connectivity index (χ0) is 38.9. The first kappa shape index (κ1) is 33.6. The lowest BCUT2D eigenvalue weighted by molar-refractivity contribution is 0.981. The van der Waals surface area contributed by atoms with Crippen LogP contribution in [-0.2, 0) is 12.8 Å². The topological polar surface area (TPSA) is 3.24 Å². The maximum atomic E-state index is 2.52. The maximum absolute atomic E-state index is 2.52. The summed E-state index contributed by atoms with van der Waals surface area (Å²) in [5, 5.41) is 12.8. The van der Waals surface area contributed by atoms with E-state index >= 15 is 0 Å². The number of hydrogen-bond acceptors (Lipinski definition) is 1. The molecule has 0 unspecified atom stereocenters. The van der Waals surface area contributed by atoms with Gasteiger partial charge in [0.1, 0.15) is 0 Å². The maximum Gasteiger partial charge on any atom is 0.0500 e. The van der Waals surface area contributed by atoms with Gasteiger partial charge < -0.3 is 4.90 Å². The van der Waals surface area contributed by atoms with Gasteiger partial charge in [0, 0.05) is 17.1 Å². The Kier molecular flexibility index (Phi) is 7.74. The highest BCUT2D eigenvalue weighted by Gasteiger charge is 2.25. The van der Waals surface area contributed by atoms with E-state index in [2.05, 4.69) is 217 Å². The van der Waals surface area contributed by atoms with Gasteiger partial charge in [-0.25, -0.2) is 0 Å². The first-order valence-corrected chi connectivity index (χ1v) is 20.7. The van der Waals surface area contributed by atoms with E-state index < -0.39 is 0 Å². The van der Waals surface area contributed by atoms with Crippen LogP contribution in [0.3, 0.4) is 0 Å². The second kappa shape index (κ2) is 13.6. The molecule has 1 heteroatoms. The Balaban J connectivity index is 1.14. The van der Waals surface area contributed by atoms with E-state index in [1.54, 1.807) is 0 Å². The van der Waals surface area contributed by atoms with Gasteiger partial charge in [-0.2, -0.15) is 0 Å². The van der Waals surface area contributed by atoms with E-state index in [1.807, 2.05) is 0 Å². The Morgan fingerprint density at radius 1 is 0.305 bits per heavy atom. The fourth-order valence-corrected chi connectivity index (χ4v) is 9.92. The molecule has 1 heterocycles. The Hall–Kier alpha value is -7.48. The first-order chi connectivity index (χ1) is 29.3. The molecule has 0 spiro atoms. The van der Waals surface area contributed by atoms with Crippen LogP contribution in [0.5, 0.6) is 0 Å². The first-order valence-electron chi connectivity index (χ1n) is 20.7. The van der Waals surface area contributed by atoms with Gasteiger partial charge in [-0.3, -0.25) is 0 Å². The Labute approximate surface area is 344 Å². The minimum atomic E-state index is 0.989. The molecule has 0 atom stereocenters. The van der Waals surface area contributed by atoms with Crippen molar-refractivity contribution in [2.24, 2.45) is 0 Å². The predicted octanol–water partition coefficient (Wildman–Crippen LogP) is 16.0. The van der Waals surface area contributed by atoms with Crippen molar-refractivity contribution in [3.63, 3.8) is 0 Å². The Morgan fingerprint density at radius 2 is 0.729 bits per heavy atom. The molecule has 11 aromatic carbocycles. The van der Waals surface area contributed by atoms with Gasteiger partial charge in [0.05, 0.1) is 0 Å². The van der Waals surface area contributed by atoms with Crippen molar-refractivity contribution in [1.82, 2.24) is 0 Å². The molecule has 0 saturated carbocycles. The summed E-state index contributed by atoms with van der Waals surface area (Å²) in [6, 6.07) is 78.9. The molecule has 11 aromatic rings. The van der Waals surface area contributed by atoms with Crippen LogP contribution in [0.2, 0.25) is 0 Å². The van der Waals surface area contributed by atoms with Gasteiger partial charge in [0.25, 0.3) is 0 Å². The summed E-state index contributed by atoms with van der Waals surface area (Å²) in [6.07, 6.45) is 1.98. The molecule has 0 bridgehead atoms. The molecular weight excluding hydrogens is 711 g/mol. The van der Waals surface area contributed by atoms with Crippen molar-refractivity contribution in [3.8, 4) is 33.4 Å². The third kappa shape index (κ3) is 5.47. The number of hydrogen-bond donors (Lipinski definition) is 0. The van der Waals surface area contributed by atoms with E-state index in [0.717, 1.165) is 18.5 Å². The largest absolute Gasteiger partial charge is 0.310 e. The van der Waals surface area contributed by atoms with Crippen LogP contribution < -0.4 is 4.90 Å². The molecule has 0 N–H and O–H groups in total. The molecule has 0 saturated heterocycles. The lowest BCUT2D eigenvalue weighted by atomic mass is 9.81. The summed E-state index contributed by atoms with van der Waals surface area (Å²) in [5.41, 5.74) is 13.8. The van der Waals surface area contributed by atoms with Crippen molar-refractivity contribution in [1.29, 1.82) is 0 Å². The van der Waals surface area contributed by atoms with Gasteiger partial charge >= 0.3 is 0 Å². The summed E-state index contributed by atoms with van der Waals surface area (Å²) in [5.74, 6) is 0. The monoisotopic (exact) mass is 749 g/mol. The van der Waals surface area contributed by atoms with E-state index in [9.17, 15) is 0 Å². The minimum Gasteiger partial charge on any atom is -0.310 e. The van der Waals surface area contributed by atoms with Gasteiger partial charge in [0.15, 0.2) is 0 Å². The van der Waals surface area contributed by atoms with Crippen LogP contribution >= 0.6 is 0 Å². The molecular formula is C58H39N. The molecule has 12 rings (SSSR count). The molecule has 1 aliphatic heterocycles. The number of aryl methyl sites for hydroxylation is 2. The highest BCUT2D eigenvalue weighted by molar-refractivity contribution is 6.33. The van der Waals surface area contributed by atoms with E-state index in [0.29, 0.717) is 0 Å². The van der Waals surface area contributed by atoms with Crippen LogP contribution in [0.4, 0.5) is 17.1 Å². The van der Waals surface area contributed by atoms with E-state index in [1.165, 1.54) is 110 Å². The zero-order valence-electron chi connectivity index (χ0n) is 32.6. The van der Waals surface area contributed by atoms with Crippen molar-refractivity contribution in [2.75, 3.05) is 4.90 Å². The van der Waals surface area contributed by atoms with Crippen LogP contribution in [-0.4, -0.2) is 0 Å². The third-order valence-corrected chi connectivity index (χ3v) is 12.6. The minimum absolute atomic E-state index is 0.989. The molecule has 1 nitrogen and oxygen atoms in total. The zero-order valence-corrected chi connectivity index (χ0v) is 32.6. The fraction of sp³-hybridized carbons (Fsp3) is 0.0345. The lowest BCUT2D eigenvalue weighted by Gasteiger charge is -2.28. The van der Waals surface area contributed by atoms with Crippen LogP contribution in [0, 0.1) is 0 Å². The number of rotatable bonds is 4. The van der Waals surface area contributed by atoms with Gasteiger partial charge in [-0.15, -0.1) is 0 Å². The third-order valence-electron chi connectivity index (χ3n) is 12.6. The van der Waals surface area contributed by atoms with Gasteiger partial charge in [-0.1, -0.05) is 170 Å². The average molecular weight is 750 g/mol. The number of benzene rings is 11. The summed E-state index contributed by atoms with van der Waals surface area (Å²) in [4.78, 5) is 2.52. The van der Waals surface area contributed by atoms with E-state index in [4.69, 9.17) is 0 Å². The summed E-state index contributed by atoms with van der Waals surface area (Å²) < 4.78 is 0. The fourth-order valence-electron chi connectivity index (χ4n) is 9.92. The smallest absolute Gasteiger partial charge is 0.0500 e. The average Bonchev–Trinajstić information content (AvgIpc) is 3.46. The molecule has 0 radical (unpaired) electrons. The second-order valence-electron chi connectivity index (χ2n) is 16.0. The molecule has 0 fully saturated rings. The lowest BCUT2D eigenvalue weighted by Crippen LogP contribution is -2.12. The number of nitrogens with zero attached hydrogens (tertiary/aromatic N) is 1. The van der Waals surface area contributed by atoms with Crippen LogP contribution in [0.25, 0.3) is 87.2 Å². The Morgan fingerprint density at radius 3 is 1.27 bits per heavy atom. The van der Waals surface area contributed by atoms with Gasteiger partial charge in [0.2, 0.25) is 0 Å². The molecule has 0 aromatic heterocycles. The Bertz CT molecular complexity index is 3330. The van der Waals surface area contributed by atoms with Crippen molar-refractivity contribution in [3.05, 3.63) is 223 Å². The predicted molar refractivity (Wildman–Crippen MR) is 252 cm³/mol. The summed E-state index contributed by atoms with van der Waals surface area (Å²) >= 11 is 0. The molecule has 0 aliphatic carbocycles. The second-order valence-corrected chi connectivity index (χ2v) is 16.0. The quantitative estimate of drug-likeness (QED) is 0.162. The van der Waals surface area contributed by atoms with E-state index in [-0.39, 0.29) is 0 Å². The van der Waals surface area contributed by atoms with Crippen molar-refractivity contribution in [2.45, 2.75) is 12.8 Å². The van der Waals surface area contributed by atoms with Gasteiger partial charge in [-0.05, 0) is 154 Å². The normalized spacial score (nSPS) is 12.6. The number of fused-ring (bicyclic) bond motifs is 10. The molecule has 276 valence electrons. The van der Waals surface area contributed by atoms with Crippen molar-refractivity contribution < 1.29 is 0 Å². The molecule has 1 aliphatic rings. The standard InChI is InChI=1S/C58H39N/c1-3-15-38(16-4-1)52-37-53(57-50-25-13-11-23-48(50)49-24-12-14-26-51(49)58(57)56(52)40-17-5-2-6-18-40)39-29-31-47(32-30-39)59-54-35-43-21-9-7-19-41(43)33-45(54)27-28-46-34-42-20-8-10-22-44(42)36-55(46)59/h1-26,29-37H,27-28H2. The molecule has 59 heavy (non-hydrogen) atoms. The SMILES string of the molecule is c1ccc(-c2cc(-c3ccc(N4c5cc6ccccc6cc5CCc5cc6ccccc6cc54)cc3)c3c4ccccc4c4ccccc4c3c2-c2ccccc2)cc1. The van der Waals surface area contributed by atoms with Crippen LogP contribution in [0.15, 0.2) is 212 Å². The van der Waals surface area contributed by atoms with Crippen molar-refractivity contribution >= 4 is 70.9 Å². The highest BCUT2D eigenvalue weighted by Crippen LogP contribution is 2.50. The highest BCUT2D eigenvalue weighted by atomic mass is 15.1. The molecule has 0 amide bonds.